The maximum absolute atomic E-state index is 12.2. The molecule has 2 rings (SSSR count). The highest BCUT2D eigenvalue weighted by atomic mass is 35.5. The normalized spacial score (nSPS) is 10.4. The zero-order valence-corrected chi connectivity index (χ0v) is 14.8. The average molecular weight is 350 g/mol. The molecule has 2 amide bonds. The third-order valence-corrected chi connectivity index (χ3v) is 3.90. The van der Waals surface area contributed by atoms with Crippen LogP contribution >= 0.6 is 11.6 Å². The summed E-state index contributed by atoms with van der Waals surface area (Å²) in [5.74, 6) is -0.508. The van der Waals surface area contributed by atoms with Crippen LogP contribution in [0.25, 0.3) is 0 Å². The fourth-order valence-corrected chi connectivity index (χ4v) is 2.48. The van der Waals surface area contributed by atoms with Crippen molar-refractivity contribution in [3.05, 3.63) is 40.2 Å². The van der Waals surface area contributed by atoms with Crippen LogP contribution in [0.4, 0.5) is 11.4 Å². The molecule has 1 aromatic heterocycles. The van der Waals surface area contributed by atoms with Crippen molar-refractivity contribution in [3.63, 3.8) is 0 Å². The van der Waals surface area contributed by atoms with Crippen molar-refractivity contribution in [2.24, 2.45) is 7.05 Å². The Morgan fingerprint density at radius 2 is 2.00 bits per heavy atom. The molecule has 2 aromatic rings. The second-order valence-corrected chi connectivity index (χ2v) is 5.78. The van der Waals surface area contributed by atoms with E-state index in [0.29, 0.717) is 22.0 Å². The minimum absolute atomic E-state index is 0.0133. The van der Waals surface area contributed by atoms with Crippen LogP contribution in [-0.2, 0) is 11.8 Å². The molecule has 0 saturated heterocycles. The number of rotatable bonds is 5. The van der Waals surface area contributed by atoms with Gasteiger partial charge in [-0.25, -0.2) is 0 Å². The van der Waals surface area contributed by atoms with E-state index in [0.717, 1.165) is 11.4 Å². The molecule has 8 heteroatoms. The number of amides is 2. The summed E-state index contributed by atoms with van der Waals surface area (Å²) in [5.41, 5.74) is 3.24. The van der Waals surface area contributed by atoms with Gasteiger partial charge in [-0.3, -0.25) is 14.3 Å². The topological polar surface area (TPSA) is 88.1 Å². The highest BCUT2D eigenvalue weighted by Crippen LogP contribution is 2.21. The SMILES string of the molecule is CNC(=O)c1cc(Cl)ccc1NCC(=O)Nc1c(C)nn(C)c1C. The second kappa shape index (κ2) is 7.35. The lowest BCUT2D eigenvalue weighted by Gasteiger charge is -2.12. The number of benzene rings is 1. The summed E-state index contributed by atoms with van der Waals surface area (Å²) in [7, 11) is 3.35. The molecule has 0 atom stereocenters. The van der Waals surface area contributed by atoms with E-state index < -0.39 is 0 Å². The Bertz CT molecular complexity index is 785. The van der Waals surface area contributed by atoms with Crippen LogP contribution in [0, 0.1) is 13.8 Å². The maximum Gasteiger partial charge on any atom is 0.253 e. The zero-order chi connectivity index (χ0) is 17.9. The van der Waals surface area contributed by atoms with Gasteiger partial charge in [0, 0.05) is 24.8 Å². The summed E-state index contributed by atoms with van der Waals surface area (Å²) in [5, 5.41) is 13.0. The molecule has 0 unspecified atom stereocenters. The summed E-state index contributed by atoms with van der Waals surface area (Å²) in [6, 6.07) is 4.88. The standard InChI is InChI=1S/C16H20ClN5O2/c1-9-15(10(2)22(4)21-9)20-14(23)8-19-13-6-5-11(17)7-12(13)16(24)18-3/h5-7,19H,8H2,1-4H3,(H,18,24)(H,20,23). The Hall–Kier alpha value is -2.54. The van der Waals surface area contributed by atoms with Gasteiger partial charge < -0.3 is 16.0 Å². The van der Waals surface area contributed by atoms with Crippen LogP contribution in [-0.4, -0.2) is 35.2 Å². The predicted molar refractivity (Wildman–Crippen MR) is 94.6 cm³/mol. The first-order valence-electron chi connectivity index (χ1n) is 7.39. The van der Waals surface area contributed by atoms with E-state index in [1.807, 2.05) is 20.9 Å². The van der Waals surface area contributed by atoms with Gasteiger partial charge in [0.1, 0.15) is 0 Å². The van der Waals surface area contributed by atoms with Gasteiger partial charge in [-0.15, -0.1) is 0 Å². The van der Waals surface area contributed by atoms with Crippen molar-refractivity contribution in [2.75, 3.05) is 24.2 Å². The van der Waals surface area contributed by atoms with E-state index in [4.69, 9.17) is 11.6 Å². The molecule has 128 valence electrons. The molecule has 0 fully saturated rings. The molecule has 3 N–H and O–H groups in total. The first kappa shape index (κ1) is 17.8. The number of aromatic nitrogens is 2. The van der Waals surface area contributed by atoms with Crippen LogP contribution in [0.5, 0.6) is 0 Å². The van der Waals surface area contributed by atoms with Crippen LogP contribution in [0.1, 0.15) is 21.7 Å². The lowest BCUT2D eigenvalue weighted by molar-refractivity contribution is -0.114. The number of carbonyl (C=O) groups is 2. The maximum atomic E-state index is 12.2. The third-order valence-electron chi connectivity index (χ3n) is 3.67. The number of anilines is 2. The summed E-state index contributed by atoms with van der Waals surface area (Å²) in [4.78, 5) is 24.1. The number of aryl methyl sites for hydroxylation is 2. The molecule has 0 radical (unpaired) electrons. The van der Waals surface area contributed by atoms with Gasteiger partial charge in [-0.05, 0) is 32.0 Å². The van der Waals surface area contributed by atoms with Gasteiger partial charge in [0.2, 0.25) is 5.91 Å². The van der Waals surface area contributed by atoms with Crippen LogP contribution in [0.3, 0.4) is 0 Å². The molecule has 0 bridgehead atoms. The first-order valence-corrected chi connectivity index (χ1v) is 7.76. The molecule has 0 saturated carbocycles. The number of nitrogens with zero attached hydrogens (tertiary/aromatic N) is 2. The largest absolute Gasteiger partial charge is 0.375 e. The Balaban J connectivity index is 2.08. The lowest BCUT2D eigenvalue weighted by Crippen LogP contribution is -2.25. The third kappa shape index (κ3) is 3.86. The van der Waals surface area contributed by atoms with E-state index in [1.54, 1.807) is 22.9 Å². The molecule has 0 spiro atoms. The number of hydrogen-bond donors (Lipinski definition) is 3. The van der Waals surface area contributed by atoms with Crippen molar-refractivity contribution in [1.82, 2.24) is 15.1 Å². The highest BCUT2D eigenvalue weighted by Gasteiger charge is 2.14. The molecule has 1 aromatic carbocycles. The van der Waals surface area contributed by atoms with E-state index >= 15 is 0 Å². The van der Waals surface area contributed by atoms with Gasteiger partial charge >= 0.3 is 0 Å². The molecule has 1 heterocycles. The first-order chi connectivity index (χ1) is 11.3. The molecule has 0 aliphatic carbocycles. The van der Waals surface area contributed by atoms with Crippen molar-refractivity contribution in [3.8, 4) is 0 Å². The van der Waals surface area contributed by atoms with Crippen LogP contribution < -0.4 is 16.0 Å². The van der Waals surface area contributed by atoms with Gasteiger partial charge in [0.15, 0.2) is 0 Å². The summed E-state index contributed by atoms with van der Waals surface area (Å²) in [6.07, 6.45) is 0. The Kier molecular flexibility index (Phi) is 5.46. The Morgan fingerprint density at radius 1 is 1.29 bits per heavy atom. The Morgan fingerprint density at radius 3 is 2.58 bits per heavy atom. The number of hydrogen-bond acceptors (Lipinski definition) is 4. The van der Waals surface area contributed by atoms with Gasteiger partial charge in [0.25, 0.3) is 5.91 Å². The predicted octanol–water partition coefficient (Wildman–Crippen LogP) is 2.10. The van der Waals surface area contributed by atoms with E-state index in [1.165, 1.54) is 7.05 Å². The zero-order valence-electron chi connectivity index (χ0n) is 14.0. The fourth-order valence-electron chi connectivity index (χ4n) is 2.31. The molecule has 7 nitrogen and oxygen atoms in total. The molecule has 0 aliphatic rings. The molecular weight excluding hydrogens is 330 g/mol. The fraction of sp³-hybridized carbons (Fsp3) is 0.312. The van der Waals surface area contributed by atoms with Gasteiger partial charge in [-0.1, -0.05) is 11.6 Å². The lowest BCUT2D eigenvalue weighted by atomic mass is 10.1. The van der Waals surface area contributed by atoms with Crippen molar-refractivity contribution in [2.45, 2.75) is 13.8 Å². The number of carbonyl (C=O) groups excluding carboxylic acids is 2. The van der Waals surface area contributed by atoms with Crippen molar-refractivity contribution >= 4 is 34.8 Å². The second-order valence-electron chi connectivity index (χ2n) is 5.34. The number of nitrogens with one attached hydrogen (secondary N) is 3. The van der Waals surface area contributed by atoms with Crippen molar-refractivity contribution < 1.29 is 9.59 Å². The molecule has 24 heavy (non-hydrogen) atoms. The quantitative estimate of drug-likeness (QED) is 0.771. The summed E-state index contributed by atoms with van der Waals surface area (Å²) >= 11 is 5.93. The highest BCUT2D eigenvalue weighted by molar-refractivity contribution is 6.31. The summed E-state index contributed by atoms with van der Waals surface area (Å²) < 4.78 is 1.71. The minimum Gasteiger partial charge on any atom is -0.375 e. The van der Waals surface area contributed by atoms with E-state index in [-0.39, 0.29) is 18.4 Å². The van der Waals surface area contributed by atoms with Crippen molar-refractivity contribution in [1.29, 1.82) is 0 Å². The average Bonchev–Trinajstić information content (AvgIpc) is 2.79. The van der Waals surface area contributed by atoms with Gasteiger partial charge in [0.05, 0.1) is 29.2 Å². The smallest absolute Gasteiger partial charge is 0.253 e. The molecule has 0 aliphatic heterocycles. The molecular formula is C16H20ClN5O2. The van der Waals surface area contributed by atoms with E-state index in [2.05, 4.69) is 21.0 Å². The minimum atomic E-state index is -0.278. The summed E-state index contributed by atoms with van der Waals surface area (Å²) in [6.45, 7) is 3.73. The van der Waals surface area contributed by atoms with Crippen LogP contribution in [0.2, 0.25) is 5.02 Å². The number of halogens is 1. The van der Waals surface area contributed by atoms with Crippen LogP contribution in [0.15, 0.2) is 18.2 Å². The van der Waals surface area contributed by atoms with Gasteiger partial charge in [-0.2, -0.15) is 5.10 Å². The Labute approximate surface area is 145 Å². The van der Waals surface area contributed by atoms with E-state index in [9.17, 15) is 9.59 Å². The monoisotopic (exact) mass is 349 g/mol.